The Bertz CT molecular complexity index is 270. The van der Waals surface area contributed by atoms with E-state index in [0.717, 1.165) is 19.3 Å². The number of thiol groups is 1. The molecule has 0 radical (unpaired) electrons. The monoisotopic (exact) mass is 255 g/mol. The maximum absolute atomic E-state index is 11.8. The van der Waals surface area contributed by atoms with Crippen LogP contribution in [0.2, 0.25) is 0 Å². The van der Waals surface area contributed by atoms with Crippen LogP contribution >= 0.6 is 22.5 Å². The van der Waals surface area contributed by atoms with Gasteiger partial charge in [0, 0.05) is 18.8 Å². The van der Waals surface area contributed by atoms with Crippen LogP contribution in [-0.2, 0) is 10.0 Å². The fourth-order valence-electron chi connectivity index (χ4n) is 1.25. The number of hydrogen-bond donors (Lipinski definition) is 1. The molecule has 1 saturated carbocycles. The van der Waals surface area contributed by atoms with Gasteiger partial charge in [-0.3, -0.25) is 0 Å². The first-order valence-electron chi connectivity index (χ1n) is 4.77. The predicted molar refractivity (Wildman–Crippen MR) is 65.2 cm³/mol. The van der Waals surface area contributed by atoms with Crippen LogP contribution in [0, 0.1) is 0 Å². The van der Waals surface area contributed by atoms with E-state index in [2.05, 4.69) is 11.7 Å². The molecular weight excluding hydrogens is 238 g/mol. The van der Waals surface area contributed by atoms with E-state index in [-0.39, 0.29) is 10.5 Å². The molecule has 3 nitrogen and oxygen atoms in total. The molecule has 84 valence electrons. The van der Waals surface area contributed by atoms with Crippen LogP contribution in [0.1, 0.15) is 26.2 Å². The second-order valence-corrected chi connectivity index (χ2v) is 7.49. The Kier molecular flexibility index (Phi) is 4.61. The molecule has 6 heteroatoms. The second-order valence-electron chi connectivity index (χ2n) is 3.66. The highest BCUT2D eigenvalue weighted by Gasteiger charge is 2.38. The molecule has 0 spiro atoms. The molecule has 0 aromatic rings. The van der Waals surface area contributed by atoms with Crippen LogP contribution in [0.5, 0.6) is 0 Å². The average Bonchev–Trinajstić information content (AvgIpc) is 2.96. The van der Waals surface area contributed by atoms with E-state index >= 15 is 0 Å². The maximum atomic E-state index is 11.8. The summed E-state index contributed by atoms with van der Waals surface area (Å²) in [4.78, 5) is 0. The largest absolute Gasteiger partial charge is 0.216 e. The zero-order valence-corrected chi connectivity index (χ0v) is 11.0. The highest BCUT2D eigenvalue weighted by atomic mass is 33.1. The highest BCUT2D eigenvalue weighted by Crippen LogP contribution is 2.31. The SMILES string of the molecule is CCC(CN(C)S(=O)(=O)C1CC1)SS. The predicted octanol–water partition coefficient (Wildman–Crippen LogP) is 1.77. The Hall–Kier alpha value is 0.610. The Morgan fingerprint density at radius 1 is 1.57 bits per heavy atom. The molecule has 1 unspecified atom stereocenters. The molecule has 1 aliphatic rings. The van der Waals surface area contributed by atoms with Gasteiger partial charge in [0.25, 0.3) is 0 Å². The van der Waals surface area contributed by atoms with Crippen molar-refractivity contribution in [2.75, 3.05) is 13.6 Å². The molecule has 0 aromatic carbocycles. The van der Waals surface area contributed by atoms with Gasteiger partial charge in [0.05, 0.1) is 5.25 Å². The first kappa shape index (κ1) is 12.7. The van der Waals surface area contributed by atoms with E-state index in [1.165, 1.54) is 15.1 Å². The van der Waals surface area contributed by atoms with Gasteiger partial charge >= 0.3 is 0 Å². The van der Waals surface area contributed by atoms with Gasteiger partial charge in [0.15, 0.2) is 0 Å². The molecular formula is C8H17NO2S3. The van der Waals surface area contributed by atoms with Crippen LogP contribution in [0.3, 0.4) is 0 Å². The lowest BCUT2D eigenvalue weighted by atomic mass is 10.3. The van der Waals surface area contributed by atoms with E-state index in [9.17, 15) is 8.42 Å². The Morgan fingerprint density at radius 2 is 2.14 bits per heavy atom. The lowest BCUT2D eigenvalue weighted by Gasteiger charge is -2.21. The third kappa shape index (κ3) is 3.05. The molecule has 1 rings (SSSR count). The zero-order chi connectivity index (χ0) is 10.8. The zero-order valence-electron chi connectivity index (χ0n) is 8.51. The van der Waals surface area contributed by atoms with Crippen molar-refractivity contribution < 1.29 is 8.42 Å². The molecule has 0 N–H and O–H groups in total. The van der Waals surface area contributed by atoms with Crippen molar-refractivity contribution in [1.29, 1.82) is 0 Å². The molecule has 0 aromatic heterocycles. The van der Waals surface area contributed by atoms with Crippen molar-refractivity contribution in [2.45, 2.75) is 36.7 Å². The normalized spacial score (nSPS) is 20.0. The van der Waals surface area contributed by atoms with Gasteiger partial charge in [0.2, 0.25) is 10.0 Å². The molecule has 1 atom stereocenters. The van der Waals surface area contributed by atoms with Crippen LogP contribution in [-0.4, -0.2) is 36.8 Å². The standard InChI is InChI=1S/C8H17NO2S3/c1-3-7(13-12)6-9(2)14(10,11)8-4-5-8/h7-8,12H,3-6H2,1-2H3. The fourth-order valence-corrected chi connectivity index (χ4v) is 4.06. The highest BCUT2D eigenvalue weighted by molar-refractivity contribution is 8.68. The first-order valence-corrected chi connectivity index (χ1v) is 8.21. The quantitative estimate of drug-likeness (QED) is 0.580. The number of hydrogen-bond acceptors (Lipinski definition) is 4. The van der Waals surface area contributed by atoms with E-state index in [0.29, 0.717) is 6.54 Å². The van der Waals surface area contributed by atoms with Crippen molar-refractivity contribution in [2.24, 2.45) is 0 Å². The smallest absolute Gasteiger partial charge is 0.212 e. The minimum absolute atomic E-state index is 0.102. The van der Waals surface area contributed by atoms with Gasteiger partial charge < -0.3 is 0 Å². The molecule has 1 aliphatic carbocycles. The lowest BCUT2D eigenvalue weighted by Crippen LogP contribution is -2.34. The summed E-state index contributed by atoms with van der Waals surface area (Å²) in [6, 6.07) is 0. The van der Waals surface area contributed by atoms with Gasteiger partial charge in [-0.2, -0.15) is 0 Å². The molecule has 0 saturated heterocycles. The van der Waals surface area contributed by atoms with Gasteiger partial charge in [-0.25, -0.2) is 12.7 Å². The summed E-state index contributed by atoms with van der Waals surface area (Å²) in [5, 5.41) is 0.187. The minimum atomic E-state index is -2.99. The Morgan fingerprint density at radius 3 is 2.50 bits per heavy atom. The maximum Gasteiger partial charge on any atom is 0.216 e. The summed E-state index contributed by atoms with van der Waals surface area (Å²) in [5.74, 6) is 0. The molecule has 0 aliphatic heterocycles. The van der Waals surface area contributed by atoms with Crippen LogP contribution < -0.4 is 0 Å². The van der Waals surface area contributed by atoms with E-state index in [4.69, 9.17) is 0 Å². The van der Waals surface area contributed by atoms with Gasteiger partial charge in [-0.15, -0.1) is 11.7 Å². The fraction of sp³-hybridized carbons (Fsp3) is 1.00. The molecule has 14 heavy (non-hydrogen) atoms. The van der Waals surface area contributed by atoms with Crippen LogP contribution in [0.4, 0.5) is 0 Å². The third-order valence-electron chi connectivity index (χ3n) is 2.45. The first-order chi connectivity index (χ1) is 6.52. The number of sulfonamides is 1. The molecule has 1 fully saturated rings. The van der Waals surface area contributed by atoms with Gasteiger partial charge in [-0.05, 0) is 19.3 Å². The molecule has 0 bridgehead atoms. The Balaban J connectivity index is 2.51. The summed E-state index contributed by atoms with van der Waals surface area (Å²) in [6.45, 7) is 2.62. The lowest BCUT2D eigenvalue weighted by molar-refractivity contribution is 0.463. The molecule has 0 heterocycles. The van der Waals surface area contributed by atoms with Crippen molar-refractivity contribution in [3.63, 3.8) is 0 Å². The van der Waals surface area contributed by atoms with Crippen molar-refractivity contribution in [1.82, 2.24) is 4.31 Å². The Labute approximate surface area is 95.5 Å². The summed E-state index contributed by atoms with van der Waals surface area (Å²) >= 11 is 4.13. The average molecular weight is 255 g/mol. The summed E-state index contributed by atoms with van der Waals surface area (Å²) in [7, 11) is 0.107. The third-order valence-corrected chi connectivity index (χ3v) is 6.45. The van der Waals surface area contributed by atoms with E-state index in [1.54, 1.807) is 7.05 Å². The summed E-state index contributed by atoms with van der Waals surface area (Å²) in [5.41, 5.74) is 0. The minimum Gasteiger partial charge on any atom is -0.212 e. The van der Waals surface area contributed by atoms with E-state index in [1.807, 2.05) is 6.92 Å². The van der Waals surface area contributed by atoms with Gasteiger partial charge in [-0.1, -0.05) is 17.7 Å². The second kappa shape index (κ2) is 5.09. The van der Waals surface area contributed by atoms with Crippen LogP contribution in [0.15, 0.2) is 0 Å². The van der Waals surface area contributed by atoms with E-state index < -0.39 is 10.0 Å². The van der Waals surface area contributed by atoms with Gasteiger partial charge in [0.1, 0.15) is 0 Å². The topological polar surface area (TPSA) is 37.4 Å². The number of rotatable bonds is 6. The summed E-state index contributed by atoms with van der Waals surface area (Å²) in [6.07, 6.45) is 2.60. The number of nitrogens with zero attached hydrogens (tertiary/aromatic N) is 1. The molecule has 0 amide bonds. The van der Waals surface area contributed by atoms with Crippen molar-refractivity contribution >= 4 is 32.5 Å². The van der Waals surface area contributed by atoms with Crippen molar-refractivity contribution in [3.05, 3.63) is 0 Å². The van der Waals surface area contributed by atoms with Crippen molar-refractivity contribution in [3.8, 4) is 0 Å². The summed E-state index contributed by atoms with van der Waals surface area (Å²) < 4.78 is 25.0. The van der Waals surface area contributed by atoms with Crippen LogP contribution in [0.25, 0.3) is 0 Å².